The number of halogens is 1. The number of ether oxygens (including phenoxy) is 1. The fraction of sp³-hybridized carbons (Fsp3) is 0.364. The van der Waals surface area contributed by atoms with E-state index in [2.05, 4.69) is 21.2 Å². The molecule has 3 nitrogen and oxygen atoms in total. The predicted molar refractivity (Wildman–Crippen MR) is 61.1 cm³/mol. The van der Waals surface area contributed by atoms with Gasteiger partial charge in [-0.1, -0.05) is 22.0 Å². The average molecular weight is 270 g/mol. The second-order valence-corrected chi connectivity index (χ2v) is 4.42. The van der Waals surface area contributed by atoms with Gasteiger partial charge in [0, 0.05) is 28.9 Å². The van der Waals surface area contributed by atoms with Crippen LogP contribution in [0.3, 0.4) is 0 Å². The van der Waals surface area contributed by atoms with Crippen molar-refractivity contribution in [1.29, 1.82) is 0 Å². The lowest BCUT2D eigenvalue weighted by atomic mass is 9.97. The first-order chi connectivity index (χ1) is 7.22. The Labute approximate surface area is 96.9 Å². The Morgan fingerprint density at radius 1 is 1.53 bits per heavy atom. The molecule has 0 aliphatic carbocycles. The van der Waals surface area contributed by atoms with Crippen molar-refractivity contribution in [3.05, 3.63) is 28.2 Å². The summed E-state index contributed by atoms with van der Waals surface area (Å²) in [6, 6.07) is 5.82. The van der Waals surface area contributed by atoms with E-state index >= 15 is 0 Å². The molecule has 1 aromatic carbocycles. The number of hydrogen-bond donors (Lipinski definition) is 1. The minimum Gasteiger partial charge on any atom is -0.496 e. The highest BCUT2D eigenvalue weighted by atomic mass is 79.9. The van der Waals surface area contributed by atoms with Crippen LogP contribution in [0.25, 0.3) is 0 Å². The summed E-state index contributed by atoms with van der Waals surface area (Å²) >= 11 is 3.50. The molecule has 80 valence electrons. The standard InChI is InChI=1S/C11H12BrNO2/c1-15-9-4-2-3-8(12)11(9)7-5-10(14)13-6-7/h2-4,7H,5-6H2,1H3,(H,13,14). The largest absolute Gasteiger partial charge is 0.496 e. The van der Waals surface area contributed by atoms with Gasteiger partial charge in [-0.05, 0) is 12.1 Å². The molecule has 1 fully saturated rings. The highest BCUT2D eigenvalue weighted by molar-refractivity contribution is 9.10. The van der Waals surface area contributed by atoms with Gasteiger partial charge in [0.15, 0.2) is 0 Å². The van der Waals surface area contributed by atoms with Crippen molar-refractivity contribution in [2.24, 2.45) is 0 Å². The van der Waals surface area contributed by atoms with Crippen LogP contribution in [0.2, 0.25) is 0 Å². The molecule has 1 saturated heterocycles. The molecule has 1 aliphatic heterocycles. The minimum atomic E-state index is 0.109. The van der Waals surface area contributed by atoms with Crippen LogP contribution in [0.15, 0.2) is 22.7 Å². The number of methoxy groups -OCH3 is 1. The summed E-state index contributed by atoms with van der Waals surface area (Å²) in [6.07, 6.45) is 0.541. The zero-order valence-electron chi connectivity index (χ0n) is 8.42. The lowest BCUT2D eigenvalue weighted by Crippen LogP contribution is -2.13. The Morgan fingerprint density at radius 3 is 2.93 bits per heavy atom. The highest BCUT2D eigenvalue weighted by Crippen LogP contribution is 2.36. The molecule has 1 heterocycles. The van der Waals surface area contributed by atoms with E-state index in [1.165, 1.54) is 0 Å². The van der Waals surface area contributed by atoms with Crippen LogP contribution in [0.5, 0.6) is 5.75 Å². The SMILES string of the molecule is COc1cccc(Br)c1C1CNC(=O)C1. The van der Waals surface area contributed by atoms with Crippen LogP contribution in [-0.4, -0.2) is 19.6 Å². The minimum absolute atomic E-state index is 0.109. The number of nitrogens with one attached hydrogen (secondary N) is 1. The monoisotopic (exact) mass is 269 g/mol. The topological polar surface area (TPSA) is 38.3 Å². The van der Waals surface area contributed by atoms with E-state index in [0.717, 1.165) is 15.8 Å². The molecule has 1 aromatic rings. The summed E-state index contributed by atoms with van der Waals surface area (Å²) in [6.45, 7) is 0.692. The van der Waals surface area contributed by atoms with Gasteiger partial charge in [-0.3, -0.25) is 4.79 Å². The normalized spacial score (nSPS) is 20.1. The van der Waals surface area contributed by atoms with Crippen molar-refractivity contribution in [2.75, 3.05) is 13.7 Å². The maximum Gasteiger partial charge on any atom is 0.220 e. The summed E-state index contributed by atoms with van der Waals surface area (Å²) in [5, 5.41) is 2.83. The first-order valence-electron chi connectivity index (χ1n) is 4.81. The van der Waals surface area contributed by atoms with Crippen molar-refractivity contribution < 1.29 is 9.53 Å². The lowest BCUT2D eigenvalue weighted by Gasteiger charge is -2.14. The predicted octanol–water partition coefficient (Wildman–Crippen LogP) is 2.06. The molecule has 4 heteroatoms. The molecule has 1 amide bonds. The number of rotatable bonds is 2. The maximum atomic E-state index is 11.2. The zero-order chi connectivity index (χ0) is 10.8. The fourth-order valence-corrected chi connectivity index (χ4v) is 2.57. The molecule has 0 bridgehead atoms. The lowest BCUT2D eigenvalue weighted by molar-refractivity contribution is -0.119. The third-order valence-electron chi connectivity index (χ3n) is 2.62. The average Bonchev–Trinajstić information content (AvgIpc) is 2.64. The Morgan fingerprint density at radius 2 is 2.33 bits per heavy atom. The van der Waals surface area contributed by atoms with Crippen molar-refractivity contribution in [3.8, 4) is 5.75 Å². The van der Waals surface area contributed by atoms with E-state index < -0.39 is 0 Å². The molecule has 0 saturated carbocycles. The summed E-state index contributed by atoms with van der Waals surface area (Å²) < 4.78 is 6.31. The van der Waals surface area contributed by atoms with Gasteiger partial charge in [0.2, 0.25) is 5.91 Å². The van der Waals surface area contributed by atoms with E-state index in [4.69, 9.17) is 4.74 Å². The van der Waals surface area contributed by atoms with E-state index in [9.17, 15) is 4.79 Å². The van der Waals surface area contributed by atoms with Crippen molar-refractivity contribution >= 4 is 21.8 Å². The number of carbonyl (C=O) groups excluding carboxylic acids is 1. The van der Waals surface area contributed by atoms with E-state index in [1.54, 1.807) is 7.11 Å². The van der Waals surface area contributed by atoms with Gasteiger partial charge in [-0.25, -0.2) is 0 Å². The Balaban J connectivity index is 2.37. The number of carbonyl (C=O) groups is 1. The van der Waals surface area contributed by atoms with Crippen LogP contribution >= 0.6 is 15.9 Å². The molecule has 2 rings (SSSR count). The fourth-order valence-electron chi connectivity index (χ4n) is 1.90. The van der Waals surface area contributed by atoms with Gasteiger partial charge in [-0.2, -0.15) is 0 Å². The Hall–Kier alpha value is -1.03. The van der Waals surface area contributed by atoms with Crippen LogP contribution in [0, 0.1) is 0 Å². The van der Waals surface area contributed by atoms with E-state index in [1.807, 2.05) is 18.2 Å². The van der Waals surface area contributed by atoms with Crippen LogP contribution < -0.4 is 10.1 Å². The van der Waals surface area contributed by atoms with Gasteiger partial charge >= 0.3 is 0 Å². The number of hydrogen-bond acceptors (Lipinski definition) is 2. The van der Waals surface area contributed by atoms with Crippen molar-refractivity contribution in [1.82, 2.24) is 5.32 Å². The molecular formula is C11H12BrNO2. The molecule has 1 N–H and O–H groups in total. The van der Waals surface area contributed by atoms with E-state index in [0.29, 0.717) is 13.0 Å². The summed E-state index contributed by atoms with van der Waals surface area (Å²) in [4.78, 5) is 11.2. The third-order valence-corrected chi connectivity index (χ3v) is 3.31. The van der Waals surface area contributed by atoms with Crippen LogP contribution in [-0.2, 0) is 4.79 Å². The molecule has 15 heavy (non-hydrogen) atoms. The second kappa shape index (κ2) is 4.23. The van der Waals surface area contributed by atoms with Gasteiger partial charge in [0.05, 0.1) is 7.11 Å². The maximum absolute atomic E-state index is 11.2. The quantitative estimate of drug-likeness (QED) is 0.893. The zero-order valence-corrected chi connectivity index (χ0v) is 10.0. The number of benzene rings is 1. The van der Waals surface area contributed by atoms with Gasteiger partial charge < -0.3 is 10.1 Å². The van der Waals surface area contributed by atoms with Crippen molar-refractivity contribution in [3.63, 3.8) is 0 Å². The van der Waals surface area contributed by atoms with Crippen molar-refractivity contribution in [2.45, 2.75) is 12.3 Å². The van der Waals surface area contributed by atoms with Gasteiger partial charge in [0.1, 0.15) is 5.75 Å². The van der Waals surface area contributed by atoms with E-state index in [-0.39, 0.29) is 11.8 Å². The van der Waals surface area contributed by atoms with Crippen LogP contribution in [0.1, 0.15) is 17.9 Å². The summed E-state index contributed by atoms with van der Waals surface area (Å²) in [5.74, 6) is 1.16. The Bertz CT molecular complexity index is 392. The summed E-state index contributed by atoms with van der Waals surface area (Å²) in [7, 11) is 1.65. The molecule has 0 aromatic heterocycles. The first kappa shape index (κ1) is 10.5. The molecule has 1 atom stereocenters. The summed E-state index contributed by atoms with van der Waals surface area (Å²) in [5.41, 5.74) is 1.08. The number of amides is 1. The third kappa shape index (κ3) is 2.00. The molecule has 1 unspecified atom stereocenters. The molecule has 0 radical (unpaired) electrons. The molecule has 0 spiro atoms. The van der Waals surface area contributed by atoms with Crippen LogP contribution in [0.4, 0.5) is 0 Å². The Kier molecular flexibility index (Phi) is 2.95. The first-order valence-corrected chi connectivity index (χ1v) is 5.60. The van der Waals surface area contributed by atoms with Gasteiger partial charge in [-0.15, -0.1) is 0 Å². The smallest absolute Gasteiger partial charge is 0.220 e. The molecule has 1 aliphatic rings. The molecular weight excluding hydrogens is 258 g/mol. The highest BCUT2D eigenvalue weighted by Gasteiger charge is 2.27. The second-order valence-electron chi connectivity index (χ2n) is 3.56. The van der Waals surface area contributed by atoms with Gasteiger partial charge in [0.25, 0.3) is 0 Å².